The fourth-order valence-corrected chi connectivity index (χ4v) is 3.23. The molecule has 1 N–H and O–H groups in total. The molecule has 6 heteroatoms. The molecule has 1 amide bonds. The van der Waals surface area contributed by atoms with Crippen LogP contribution in [-0.2, 0) is 11.3 Å². The molecule has 1 saturated heterocycles. The number of benzene rings is 1. The average molecular weight is 369 g/mol. The number of methoxy groups -OCH3 is 1. The maximum Gasteiger partial charge on any atom is 0.257 e. The molecule has 1 fully saturated rings. The number of piperidine rings is 1. The second kappa shape index (κ2) is 9.92. The van der Waals surface area contributed by atoms with Crippen molar-refractivity contribution in [2.45, 2.75) is 19.4 Å². The Kier molecular flexibility index (Phi) is 7.04. The molecule has 0 aliphatic carbocycles. The third-order valence-electron chi connectivity index (χ3n) is 4.88. The fraction of sp³-hybridized carbons (Fsp3) is 0.429. The molecule has 144 valence electrons. The maximum absolute atomic E-state index is 12.0. The number of likely N-dealkylation sites (tertiary alicyclic amines) is 1. The highest BCUT2D eigenvalue weighted by Crippen LogP contribution is 2.19. The van der Waals surface area contributed by atoms with Gasteiger partial charge in [0.05, 0.1) is 7.11 Å². The summed E-state index contributed by atoms with van der Waals surface area (Å²) in [6.45, 7) is 3.84. The van der Waals surface area contributed by atoms with Crippen LogP contribution in [0.2, 0.25) is 0 Å². The molecule has 0 bridgehead atoms. The summed E-state index contributed by atoms with van der Waals surface area (Å²) >= 11 is 0. The van der Waals surface area contributed by atoms with Gasteiger partial charge in [0.2, 0.25) is 0 Å². The Morgan fingerprint density at radius 3 is 2.44 bits per heavy atom. The first-order valence-corrected chi connectivity index (χ1v) is 9.38. The van der Waals surface area contributed by atoms with Crippen molar-refractivity contribution in [1.82, 2.24) is 15.2 Å². The highest BCUT2D eigenvalue weighted by molar-refractivity contribution is 5.77. The number of ether oxygens (including phenoxy) is 2. The van der Waals surface area contributed by atoms with E-state index in [1.165, 1.54) is 5.56 Å². The number of pyridine rings is 1. The minimum Gasteiger partial charge on any atom is -0.497 e. The minimum atomic E-state index is -0.0787. The number of hydrogen-bond donors (Lipinski definition) is 1. The van der Waals surface area contributed by atoms with E-state index in [4.69, 9.17) is 9.47 Å². The number of aromatic nitrogens is 1. The Labute approximate surface area is 160 Å². The summed E-state index contributed by atoms with van der Waals surface area (Å²) in [7, 11) is 1.62. The molecule has 2 heterocycles. The lowest BCUT2D eigenvalue weighted by Crippen LogP contribution is -2.39. The van der Waals surface area contributed by atoms with Crippen molar-refractivity contribution >= 4 is 5.91 Å². The van der Waals surface area contributed by atoms with Crippen molar-refractivity contribution in [2.24, 2.45) is 5.92 Å². The summed E-state index contributed by atoms with van der Waals surface area (Å²) in [5.41, 5.74) is 1.30. The van der Waals surface area contributed by atoms with Crippen LogP contribution >= 0.6 is 0 Å². The van der Waals surface area contributed by atoms with Gasteiger partial charge < -0.3 is 14.8 Å². The molecule has 2 aromatic rings. The van der Waals surface area contributed by atoms with Gasteiger partial charge in [-0.15, -0.1) is 0 Å². The van der Waals surface area contributed by atoms with Crippen LogP contribution in [0, 0.1) is 5.92 Å². The van der Waals surface area contributed by atoms with Crippen molar-refractivity contribution in [3.8, 4) is 11.5 Å². The SMILES string of the molecule is COc1ccc(OCC(=O)NCC2CCN(Cc3ccncc3)CC2)cc1. The number of amides is 1. The molecule has 0 saturated carbocycles. The van der Waals surface area contributed by atoms with Crippen molar-refractivity contribution in [2.75, 3.05) is 33.4 Å². The van der Waals surface area contributed by atoms with Crippen LogP contribution in [0.1, 0.15) is 18.4 Å². The molecule has 1 aliphatic heterocycles. The van der Waals surface area contributed by atoms with Gasteiger partial charge >= 0.3 is 0 Å². The molecule has 3 rings (SSSR count). The molecule has 0 spiro atoms. The van der Waals surface area contributed by atoms with E-state index in [1.807, 2.05) is 24.5 Å². The summed E-state index contributed by atoms with van der Waals surface area (Å²) in [5.74, 6) is 1.88. The first-order chi connectivity index (χ1) is 13.2. The van der Waals surface area contributed by atoms with E-state index >= 15 is 0 Å². The molecular weight excluding hydrogens is 342 g/mol. The zero-order valence-corrected chi connectivity index (χ0v) is 15.8. The zero-order chi connectivity index (χ0) is 18.9. The fourth-order valence-electron chi connectivity index (χ4n) is 3.23. The van der Waals surface area contributed by atoms with E-state index in [1.54, 1.807) is 19.2 Å². The Hall–Kier alpha value is -2.60. The maximum atomic E-state index is 12.0. The topological polar surface area (TPSA) is 63.7 Å². The Balaban J connectivity index is 1.31. The second-order valence-corrected chi connectivity index (χ2v) is 6.84. The Morgan fingerprint density at radius 1 is 1.11 bits per heavy atom. The minimum absolute atomic E-state index is 0.0349. The van der Waals surface area contributed by atoms with Crippen LogP contribution < -0.4 is 14.8 Å². The van der Waals surface area contributed by atoms with Crippen LogP contribution in [0.5, 0.6) is 11.5 Å². The Morgan fingerprint density at radius 2 is 1.78 bits per heavy atom. The van der Waals surface area contributed by atoms with Crippen LogP contribution in [0.4, 0.5) is 0 Å². The van der Waals surface area contributed by atoms with Gasteiger partial charge in [0, 0.05) is 25.5 Å². The standard InChI is InChI=1S/C21H27N3O3/c1-26-19-2-4-20(5-3-19)27-16-21(25)23-14-17-8-12-24(13-9-17)15-18-6-10-22-11-7-18/h2-7,10-11,17H,8-9,12-16H2,1H3,(H,23,25). The highest BCUT2D eigenvalue weighted by atomic mass is 16.5. The van der Waals surface area contributed by atoms with Gasteiger partial charge in [-0.05, 0) is 73.8 Å². The largest absolute Gasteiger partial charge is 0.497 e. The average Bonchev–Trinajstić information content (AvgIpc) is 2.73. The van der Waals surface area contributed by atoms with E-state index in [0.717, 1.165) is 38.2 Å². The van der Waals surface area contributed by atoms with Gasteiger partial charge in [0.1, 0.15) is 11.5 Å². The highest BCUT2D eigenvalue weighted by Gasteiger charge is 2.19. The summed E-state index contributed by atoms with van der Waals surface area (Å²) in [5, 5.41) is 2.99. The first kappa shape index (κ1) is 19.2. The molecule has 1 aliphatic rings. The number of nitrogens with one attached hydrogen (secondary N) is 1. The lowest BCUT2D eigenvalue weighted by atomic mass is 9.96. The van der Waals surface area contributed by atoms with Gasteiger partial charge in [-0.3, -0.25) is 14.7 Å². The first-order valence-electron chi connectivity index (χ1n) is 9.38. The van der Waals surface area contributed by atoms with Gasteiger partial charge in [0.15, 0.2) is 6.61 Å². The summed E-state index contributed by atoms with van der Waals surface area (Å²) < 4.78 is 10.6. The second-order valence-electron chi connectivity index (χ2n) is 6.84. The lowest BCUT2D eigenvalue weighted by Gasteiger charge is -2.32. The summed E-state index contributed by atoms with van der Waals surface area (Å²) in [4.78, 5) is 18.5. The molecule has 0 atom stereocenters. The van der Waals surface area contributed by atoms with Crippen molar-refractivity contribution in [3.63, 3.8) is 0 Å². The summed E-state index contributed by atoms with van der Waals surface area (Å²) in [6, 6.07) is 11.3. The van der Waals surface area contributed by atoms with E-state index in [0.29, 0.717) is 18.2 Å². The van der Waals surface area contributed by atoms with Gasteiger partial charge in [-0.1, -0.05) is 0 Å². The van der Waals surface area contributed by atoms with E-state index in [-0.39, 0.29) is 12.5 Å². The lowest BCUT2D eigenvalue weighted by molar-refractivity contribution is -0.123. The molecule has 1 aromatic carbocycles. The van der Waals surface area contributed by atoms with E-state index in [9.17, 15) is 4.79 Å². The normalized spacial score (nSPS) is 15.3. The molecule has 1 aromatic heterocycles. The zero-order valence-electron chi connectivity index (χ0n) is 15.8. The molecule has 0 unspecified atom stereocenters. The number of rotatable bonds is 8. The predicted octanol–water partition coefficient (Wildman–Crippen LogP) is 2.50. The molecule has 0 radical (unpaired) electrons. The van der Waals surface area contributed by atoms with Crippen LogP contribution in [-0.4, -0.2) is 49.1 Å². The molecule has 6 nitrogen and oxygen atoms in total. The monoisotopic (exact) mass is 369 g/mol. The molecule has 27 heavy (non-hydrogen) atoms. The predicted molar refractivity (Wildman–Crippen MR) is 104 cm³/mol. The van der Waals surface area contributed by atoms with Crippen LogP contribution in [0.15, 0.2) is 48.8 Å². The van der Waals surface area contributed by atoms with Gasteiger partial charge in [-0.25, -0.2) is 0 Å². The number of carbonyl (C=O) groups is 1. The smallest absolute Gasteiger partial charge is 0.257 e. The number of carbonyl (C=O) groups excluding carboxylic acids is 1. The third-order valence-corrected chi connectivity index (χ3v) is 4.88. The van der Waals surface area contributed by atoms with E-state index in [2.05, 4.69) is 27.3 Å². The van der Waals surface area contributed by atoms with Gasteiger partial charge in [0.25, 0.3) is 5.91 Å². The van der Waals surface area contributed by atoms with Crippen LogP contribution in [0.25, 0.3) is 0 Å². The van der Waals surface area contributed by atoms with Crippen LogP contribution in [0.3, 0.4) is 0 Å². The van der Waals surface area contributed by atoms with Gasteiger partial charge in [-0.2, -0.15) is 0 Å². The number of nitrogens with zero attached hydrogens (tertiary/aromatic N) is 2. The third kappa shape index (κ3) is 6.25. The van der Waals surface area contributed by atoms with E-state index < -0.39 is 0 Å². The summed E-state index contributed by atoms with van der Waals surface area (Å²) in [6.07, 6.45) is 5.88. The van der Waals surface area contributed by atoms with Crippen molar-refractivity contribution in [3.05, 3.63) is 54.4 Å². The molecular formula is C21H27N3O3. The Bertz CT molecular complexity index is 698. The number of hydrogen-bond acceptors (Lipinski definition) is 5. The quantitative estimate of drug-likeness (QED) is 0.775. The van der Waals surface area contributed by atoms with Crippen molar-refractivity contribution < 1.29 is 14.3 Å². The van der Waals surface area contributed by atoms with Crippen molar-refractivity contribution in [1.29, 1.82) is 0 Å².